The van der Waals surface area contributed by atoms with Crippen LogP contribution < -0.4 is 4.90 Å². The molecule has 0 radical (unpaired) electrons. The SMILES string of the molecule is O=C1C(=O)N(CC=Cc2ccccc2)c2cc(Cl)ccc21. The number of hydrogen-bond acceptors (Lipinski definition) is 2. The molecule has 21 heavy (non-hydrogen) atoms. The van der Waals surface area contributed by atoms with Crippen molar-refractivity contribution in [3.8, 4) is 0 Å². The van der Waals surface area contributed by atoms with Gasteiger partial charge in [0.2, 0.25) is 0 Å². The number of benzene rings is 2. The summed E-state index contributed by atoms with van der Waals surface area (Å²) < 4.78 is 0. The molecule has 3 nitrogen and oxygen atoms in total. The third-order valence-electron chi connectivity index (χ3n) is 3.33. The topological polar surface area (TPSA) is 37.4 Å². The minimum absolute atomic E-state index is 0.340. The van der Waals surface area contributed by atoms with E-state index in [9.17, 15) is 9.59 Å². The predicted molar refractivity (Wildman–Crippen MR) is 83.6 cm³/mol. The average molecular weight is 298 g/mol. The van der Waals surface area contributed by atoms with Gasteiger partial charge < -0.3 is 4.90 Å². The molecule has 2 aromatic rings. The van der Waals surface area contributed by atoms with Crippen molar-refractivity contribution < 1.29 is 9.59 Å². The van der Waals surface area contributed by atoms with E-state index < -0.39 is 11.7 Å². The number of carbonyl (C=O) groups is 2. The standard InChI is InChI=1S/C17H12ClNO2/c18-13-8-9-14-15(11-13)19(17(21)16(14)20)10-4-7-12-5-2-1-3-6-12/h1-9,11H,10H2. The molecule has 0 unspecified atom stereocenters. The smallest absolute Gasteiger partial charge is 0.299 e. The van der Waals surface area contributed by atoms with E-state index in [4.69, 9.17) is 11.6 Å². The third kappa shape index (κ3) is 2.60. The quantitative estimate of drug-likeness (QED) is 0.812. The first-order valence-electron chi connectivity index (χ1n) is 6.54. The van der Waals surface area contributed by atoms with Gasteiger partial charge in [-0.25, -0.2) is 0 Å². The molecule has 1 amide bonds. The first-order chi connectivity index (χ1) is 10.2. The van der Waals surface area contributed by atoms with Crippen LogP contribution in [0.1, 0.15) is 15.9 Å². The summed E-state index contributed by atoms with van der Waals surface area (Å²) in [6.07, 6.45) is 3.77. The van der Waals surface area contributed by atoms with Crippen LogP contribution in [0.25, 0.3) is 6.08 Å². The highest BCUT2D eigenvalue weighted by molar-refractivity contribution is 6.52. The molecule has 3 rings (SSSR count). The molecule has 0 bridgehead atoms. The Hall–Kier alpha value is -2.39. The number of hydrogen-bond donors (Lipinski definition) is 0. The van der Waals surface area contributed by atoms with Crippen molar-refractivity contribution in [1.29, 1.82) is 0 Å². The van der Waals surface area contributed by atoms with Crippen LogP contribution in [0.3, 0.4) is 0 Å². The molecule has 2 aromatic carbocycles. The van der Waals surface area contributed by atoms with Crippen LogP contribution in [0.4, 0.5) is 5.69 Å². The second-order valence-corrected chi connectivity index (χ2v) is 5.16. The van der Waals surface area contributed by atoms with Gasteiger partial charge in [0.1, 0.15) is 0 Å². The number of ketones is 1. The minimum Gasteiger partial charge on any atom is -0.301 e. The molecule has 1 heterocycles. The van der Waals surface area contributed by atoms with E-state index in [2.05, 4.69) is 0 Å². The van der Waals surface area contributed by atoms with Gasteiger partial charge in [0.15, 0.2) is 0 Å². The molecule has 4 heteroatoms. The number of fused-ring (bicyclic) bond motifs is 1. The Morgan fingerprint density at radius 3 is 2.57 bits per heavy atom. The normalized spacial score (nSPS) is 14.0. The molecule has 1 aliphatic rings. The van der Waals surface area contributed by atoms with E-state index in [0.717, 1.165) is 5.56 Å². The summed E-state index contributed by atoms with van der Waals surface area (Å²) in [5.41, 5.74) is 2.04. The molecule has 0 atom stereocenters. The Bertz CT molecular complexity index is 738. The van der Waals surface area contributed by atoms with Crippen LogP contribution in [-0.2, 0) is 4.79 Å². The van der Waals surface area contributed by atoms with E-state index in [1.165, 1.54) is 4.90 Å². The third-order valence-corrected chi connectivity index (χ3v) is 3.57. The van der Waals surface area contributed by atoms with Gasteiger partial charge in [-0.1, -0.05) is 54.1 Å². The monoisotopic (exact) mass is 297 g/mol. The van der Waals surface area contributed by atoms with Gasteiger partial charge in [-0.3, -0.25) is 9.59 Å². The van der Waals surface area contributed by atoms with E-state index in [-0.39, 0.29) is 0 Å². The second-order valence-electron chi connectivity index (χ2n) is 4.72. The maximum Gasteiger partial charge on any atom is 0.299 e. The van der Waals surface area contributed by atoms with E-state index in [1.54, 1.807) is 18.2 Å². The van der Waals surface area contributed by atoms with E-state index in [0.29, 0.717) is 22.8 Å². The lowest BCUT2D eigenvalue weighted by atomic mass is 10.1. The number of halogens is 1. The molecule has 1 aliphatic heterocycles. The highest BCUT2D eigenvalue weighted by Crippen LogP contribution is 2.31. The Labute approximate surface area is 127 Å². The first kappa shape index (κ1) is 13.6. The molecule has 0 fully saturated rings. The molecule has 0 N–H and O–H groups in total. The Kier molecular flexibility index (Phi) is 3.59. The lowest BCUT2D eigenvalue weighted by Crippen LogP contribution is -2.29. The summed E-state index contributed by atoms with van der Waals surface area (Å²) in [5, 5.41) is 0.508. The largest absolute Gasteiger partial charge is 0.301 e. The number of Topliss-reactive ketones (excluding diaryl/α,β-unsaturated/α-hetero) is 1. The predicted octanol–water partition coefficient (Wildman–Crippen LogP) is 3.58. The van der Waals surface area contributed by atoms with Gasteiger partial charge in [-0.05, 0) is 23.8 Å². The summed E-state index contributed by atoms with van der Waals surface area (Å²) in [5.74, 6) is -0.986. The Balaban J connectivity index is 1.83. The summed E-state index contributed by atoms with van der Waals surface area (Å²) in [6, 6.07) is 14.6. The van der Waals surface area contributed by atoms with Crippen LogP contribution in [0.15, 0.2) is 54.6 Å². The summed E-state index contributed by atoms with van der Waals surface area (Å²) in [7, 11) is 0. The van der Waals surface area contributed by atoms with Gasteiger partial charge >= 0.3 is 0 Å². The Morgan fingerprint density at radius 1 is 1.05 bits per heavy atom. The fourth-order valence-electron chi connectivity index (χ4n) is 2.31. The average Bonchev–Trinajstić information content (AvgIpc) is 2.73. The van der Waals surface area contributed by atoms with Crippen LogP contribution in [0, 0.1) is 0 Å². The van der Waals surface area contributed by atoms with E-state index >= 15 is 0 Å². The molecule has 0 saturated heterocycles. The molecular weight excluding hydrogens is 286 g/mol. The lowest BCUT2D eigenvalue weighted by Gasteiger charge is -2.14. The van der Waals surface area contributed by atoms with Gasteiger partial charge in [-0.15, -0.1) is 0 Å². The fraction of sp³-hybridized carbons (Fsp3) is 0.0588. The molecule has 0 saturated carbocycles. The van der Waals surface area contributed by atoms with Crippen molar-refractivity contribution in [1.82, 2.24) is 0 Å². The maximum atomic E-state index is 12.0. The van der Waals surface area contributed by atoms with Crippen molar-refractivity contribution in [3.63, 3.8) is 0 Å². The minimum atomic E-state index is -0.509. The fourth-order valence-corrected chi connectivity index (χ4v) is 2.47. The molecule has 104 valence electrons. The number of rotatable bonds is 3. The number of carbonyl (C=O) groups excluding carboxylic acids is 2. The van der Waals surface area contributed by atoms with E-state index in [1.807, 2.05) is 42.5 Å². The van der Waals surface area contributed by atoms with Crippen LogP contribution in [0.2, 0.25) is 5.02 Å². The van der Waals surface area contributed by atoms with Gasteiger partial charge in [-0.2, -0.15) is 0 Å². The first-order valence-corrected chi connectivity index (χ1v) is 6.92. The summed E-state index contributed by atoms with van der Waals surface area (Å²) >= 11 is 5.95. The lowest BCUT2D eigenvalue weighted by molar-refractivity contribution is -0.114. The van der Waals surface area contributed by atoms with Gasteiger partial charge in [0.05, 0.1) is 11.3 Å². The zero-order valence-electron chi connectivity index (χ0n) is 11.1. The van der Waals surface area contributed by atoms with Crippen LogP contribution in [-0.4, -0.2) is 18.2 Å². The summed E-state index contributed by atoms with van der Waals surface area (Å²) in [6.45, 7) is 0.340. The highest BCUT2D eigenvalue weighted by atomic mass is 35.5. The van der Waals surface area contributed by atoms with Crippen molar-refractivity contribution in [2.45, 2.75) is 0 Å². The maximum absolute atomic E-state index is 12.0. The van der Waals surface area contributed by atoms with Crippen molar-refractivity contribution >= 4 is 35.1 Å². The Morgan fingerprint density at radius 2 is 1.81 bits per heavy atom. The zero-order chi connectivity index (χ0) is 14.8. The summed E-state index contributed by atoms with van der Waals surface area (Å²) in [4.78, 5) is 25.4. The van der Waals surface area contributed by atoms with Crippen LogP contribution in [0.5, 0.6) is 0 Å². The van der Waals surface area contributed by atoms with Crippen LogP contribution >= 0.6 is 11.6 Å². The van der Waals surface area contributed by atoms with Gasteiger partial charge in [0, 0.05) is 11.6 Å². The van der Waals surface area contributed by atoms with Crippen molar-refractivity contribution in [2.75, 3.05) is 11.4 Å². The van der Waals surface area contributed by atoms with Crippen molar-refractivity contribution in [3.05, 3.63) is 70.8 Å². The molecule has 0 spiro atoms. The van der Waals surface area contributed by atoms with Crippen molar-refractivity contribution in [2.24, 2.45) is 0 Å². The number of amides is 1. The number of nitrogens with zero attached hydrogens (tertiary/aromatic N) is 1. The highest BCUT2D eigenvalue weighted by Gasteiger charge is 2.34. The zero-order valence-corrected chi connectivity index (χ0v) is 11.9. The van der Waals surface area contributed by atoms with Gasteiger partial charge in [0.25, 0.3) is 11.7 Å². The molecular formula is C17H12ClNO2. The second kappa shape index (κ2) is 5.54. The molecule has 0 aromatic heterocycles. The number of anilines is 1. The molecule has 0 aliphatic carbocycles.